The van der Waals surface area contributed by atoms with E-state index in [1.165, 1.54) is 0 Å². The molecule has 1 unspecified atom stereocenters. The molecular formula is C27H29NO4. The standard InChI is InChI=1S/C27H29NO4/c1-2-8-24(22-9-4-3-5-10-22)28-27(31)23-11-6-7-12-25(23)32-19-21-15-13-20(14-16-21)17-18-26(29)30/h3-7,9-16,24H,2,8,17-19H2,1H3,(H,28,31)(H,29,30). The van der Waals surface area contributed by atoms with Crippen molar-refractivity contribution in [3.8, 4) is 5.75 Å². The van der Waals surface area contributed by atoms with Gasteiger partial charge in [0.05, 0.1) is 11.6 Å². The van der Waals surface area contributed by atoms with Crippen LogP contribution in [0.1, 0.15) is 59.3 Å². The molecule has 2 N–H and O–H groups in total. The number of carboxylic acids is 1. The zero-order chi connectivity index (χ0) is 22.8. The van der Waals surface area contributed by atoms with E-state index < -0.39 is 5.97 Å². The van der Waals surface area contributed by atoms with E-state index >= 15 is 0 Å². The number of benzene rings is 3. The summed E-state index contributed by atoms with van der Waals surface area (Å²) in [6.07, 6.45) is 2.42. The molecule has 0 aliphatic heterocycles. The number of aryl methyl sites for hydroxylation is 1. The molecule has 0 heterocycles. The number of ether oxygens (including phenoxy) is 1. The lowest BCUT2D eigenvalue weighted by molar-refractivity contribution is -0.136. The summed E-state index contributed by atoms with van der Waals surface area (Å²) in [6, 6.07) is 24.9. The molecule has 3 aromatic rings. The molecule has 3 aromatic carbocycles. The molecule has 0 bridgehead atoms. The molecule has 1 atom stereocenters. The highest BCUT2D eigenvalue weighted by molar-refractivity contribution is 5.97. The first-order valence-corrected chi connectivity index (χ1v) is 10.9. The Morgan fingerprint density at radius 1 is 0.906 bits per heavy atom. The number of hydrogen-bond donors (Lipinski definition) is 2. The Kier molecular flexibility index (Phi) is 8.44. The lowest BCUT2D eigenvalue weighted by atomic mass is 10.0. The first-order chi connectivity index (χ1) is 15.6. The van der Waals surface area contributed by atoms with E-state index in [4.69, 9.17) is 9.84 Å². The van der Waals surface area contributed by atoms with Gasteiger partial charge in [-0.25, -0.2) is 0 Å². The van der Waals surface area contributed by atoms with Crippen LogP contribution in [0.2, 0.25) is 0 Å². The van der Waals surface area contributed by atoms with Crippen LogP contribution >= 0.6 is 0 Å². The first kappa shape index (κ1) is 23.1. The fourth-order valence-corrected chi connectivity index (χ4v) is 3.53. The molecule has 0 aliphatic rings. The van der Waals surface area contributed by atoms with Gasteiger partial charge < -0.3 is 15.2 Å². The molecule has 0 spiro atoms. The number of carboxylic acid groups (broad SMARTS) is 1. The SMILES string of the molecule is CCCC(NC(=O)c1ccccc1OCc1ccc(CCC(=O)O)cc1)c1ccccc1. The van der Waals surface area contributed by atoms with Crippen LogP contribution in [0.25, 0.3) is 0 Å². The maximum atomic E-state index is 13.1. The van der Waals surface area contributed by atoms with Crippen LogP contribution < -0.4 is 10.1 Å². The van der Waals surface area contributed by atoms with Crippen LogP contribution in [0.3, 0.4) is 0 Å². The topological polar surface area (TPSA) is 75.6 Å². The van der Waals surface area contributed by atoms with Gasteiger partial charge in [-0.15, -0.1) is 0 Å². The summed E-state index contributed by atoms with van der Waals surface area (Å²) in [7, 11) is 0. The van der Waals surface area contributed by atoms with Crippen LogP contribution in [0.4, 0.5) is 0 Å². The molecular weight excluding hydrogens is 402 g/mol. The highest BCUT2D eigenvalue weighted by Crippen LogP contribution is 2.23. The lowest BCUT2D eigenvalue weighted by Gasteiger charge is -2.20. The number of amides is 1. The summed E-state index contributed by atoms with van der Waals surface area (Å²) in [5.41, 5.74) is 3.51. The van der Waals surface area contributed by atoms with Gasteiger partial charge in [-0.1, -0.05) is 80.1 Å². The number of rotatable bonds is 11. The maximum absolute atomic E-state index is 13.1. The van der Waals surface area contributed by atoms with E-state index in [2.05, 4.69) is 12.2 Å². The summed E-state index contributed by atoms with van der Waals surface area (Å²) < 4.78 is 5.97. The number of carbonyl (C=O) groups excluding carboxylic acids is 1. The number of hydrogen-bond acceptors (Lipinski definition) is 3. The van der Waals surface area contributed by atoms with Crippen LogP contribution in [0.5, 0.6) is 5.75 Å². The van der Waals surface area contributed by atoms with Gasteiger partial charge in [-0.2, -0.15) is 0 Å². The lowest BCUT2D eigenvalue weighted by Crippen LogP contribution is -2.28. The zero-order valence-electron chi connectivity index (χ0n) is 18.3. The minimum absolute atomic E-state index is 0.0555. The predicted octanol–water partition coefficient (Wildman–Crippen LogP) is 5.55. The number of nitrogens with one attached hydrogen (secondary N) is 1. The summed E-state index contributed by atoms with van der Waals surface area (Å²) in [5.74, 6) is -0.434. The van der Waals surface area contributed by atoms with E-state index in [9.17, 15) is 9.59 Å². The fourth-order valence-electron chi connectivity index (χ4n) is 3.53. The molecule has 0 aromatic heterocycles. The van der Waals surface area contributed by atoms with Crippen LogP contribution in [0, 0.1) is 0 Å². The number of aliphatic carboxylic acids is 1. The quantitative estimate of drug-likeness (QED) is 0.417. The molecule has 0 fully saturated rings. The molecule has 166 valence electrons. The van der Waals surface area contributed by atoms with E-state index in [0.29, 0.717) is 24.3 Å². The van der Waals surface area contributed by atoms with Crippen molar-refractivity contribution in [2.75, 3.05) is 0 Å². The van der Waals surface area contributed by atoms with E-state index in [1.807, 2.05) is 66.7 Å². The third kappa shape index (κ3) is 6.71. The Bertz CT molecular complexity index is 1020. The summed E-state index contributed by atoms with van der Waals surface area (Å²) in [6.45, 7) is 2.42. The largest absolute Gasteiger partial charge is 0.488 e. The Labute approximate surface area is 189 Å². The zero-order valence-corrected chi connectivity index (χ0v) is 18.3. The fraction of sp³-hybridized carbons (Fsp3) is 0.259. The third-order valence-electron chi connectivity index (χ3n) is 5.26. The molecule has 32 heavy (non-hydrogen) atoms. The van der Waals surface area contributed by atoms with Crippen molar-refractivity contribution in [1.82, 2.24) is 5.32 Å². The summed E-state index contributed by atoms with van der Waals surface area (Å²) in [5, 5.41) is 12.0. The van der Waals surface area contributed by atoms with Crippen molar-refractivity contribution in [3.05, 3.63) is 101 Å². The monoisotopic (exact) mass is 431 g/mol. The second kappa shape index (κ2) is 11.7. The highest BCUT2D eigenvalue weighted by atomic mass is 16.5. The van der Waals surface area contributed by atoms with Crippen molar-refractivity contribution in [2.24, 2.45) is 0 Å². The smallest absolute Gasteiger partial charge is 0.303 e. The van der Waals surface area contributed by atoms with Gasteiger partial charge in [-0.05, 0) is 41.7 Å². The minimum atomic E-state index is -0.805. The minimum Gasteiger partial charge on any atom is -0.488 e. The Hall–Kier alpha value is -3.60. The van der Waals surface area contributed by atoms with Gasteiger partial charge >= 0.3 is 5.97 Å². The number of para-hydroxylation sites is 1. The molecule has 1 amide bonds. The van der Waals surface area contributed by atoms with Gasteiger partial charge in [-0.3, -0.25) is 9.59 Å². The predicted molar refractivity (Wildman–Crippen MR) is 125 cm³/mol. The van der Waals surface area contributed by atoms with Crippen molar-refractivity contribution >= 4 is 11.9 Å². The Morgan fingerprint density at radius 3 is 2.25 bits per heavy atom. The number of carbonyl (C=O) groups is 2. The van der Waals surface area contributed by atoms with E-state index in [0.717, 1.165) is 29.5 Å². The van der Waals surface area contributed by atoms with Crippen LogP contribution in [-0.2, 0) is 17.8 Å². The van der Waals surface area contributed by atoms with Crippen molar-refractivity contribution < 1.29 is 19.4 Å². The average molecular weight is 432 g/mol. The van der Waals surface area contributed by atoms with Crippen molar-refractivity contribution in [1.29, 1.82) is 0 Å². The summed E-state index contributed by atoms with van der Waals surface area (Å²) >= 11 is 0. The highest BCUT2D eigenvalue weighted by Gasteiger charge is 2.18. The van der Waals surface area contributed by atoms with Gasteiger partial charge in [0, 0.05) is 6.42 Å². The second-order valence-corrected chi connectivity index (χ2v) is 7.72. The van der Waals surface area contributed by atoms with Gasteiger partial charge in [0.1, 0.15) is 12.4 Å². The molecule has 5 heteroatoms. The molecule has 5 nitrogen and oxygen atoms in total. The third-order valence-corrected chi connectivity index (χ3v) is 5.26. The van der Waals surface area contributed by atoms with E-state index in [-0.39, 0.29) is 18.4 Å². The molecule has 0 saturated carbocycles. The van der Waals surface area contributed by atoms with Crippen molar-refractivity contribution in [2.45, 2.75) is 45.3 Å². The van der Waals surface area contributed by atoms with Gasteiger partial charge in [0.2, 0.25) is 0 Å². The van der Waals surface area contributed by atoms with Gasteiger partial charge in [0.25, 0.3) is 5.91 Å². The van der Waals surface area contributed by atoms with Crippen LogP contribution in [-0.4, -0.2) is 17.0 Å². The maximum Gasteiger partial charge on any atom is 0.303 e. The normalized spacial score (nSPS) is 11.5. The molecule has 0 radical (unpaired) electrons. The van der Waals surface area contributed by atoms with E-state index in [1.54, 1.807) is 12.1 Å². The molecule has 0 saturated heterocycles. The Morgan fingerprint density at radius 2 is 1.56 bits per heavy atom. The van der Waals surface area contributed by atoms with Crippen LogP contribution in [0.15, 0.2) is 78.9 Å². The van der Waals surface area contributed by atoms with Crippen molar-refractivity contribution in [3.63, 3.8) is 0 Å². The molecule has 3 rings (SSSR count). The summed E-state index contributed by atoms with van der Waals surface area (Å²) in [4.78, 5) is 23.8. The molecule has 0 aliphatic carbocycles. The second-order valence-electron chi connectivity index (χ2n) is 7.72. The Balaban J connectivity index is 1.66. The first-order valence-electron chi connectivity index (χ1n) is 10.9. The van der Waals surface area contributed by atoms with Gasteiger partial charge in [0.15, 0.2) is 0 Å². The average Bonchev–Trinajstić information content (AvgIpc) is 2.82.